The van der Waals surface area contributed by atoms with E-state index in [0.717, 1.165) is 25.9 Å². The van der Waals surface area contributed by atoms with Crippen molar-refractivity contribution >= 4 is 11.8 Å². The summed E-state index contributed by atoms with van der Waals surface area (Å²) in [6.07, 6.45) is 2.04. The molecule has 15 heavy (non-hydrogen) atoms. The van der Waals surface area contributed by atoms with Gasteiger partial charge in [-0.1, -0.05) is 6.92 Å². The van der Waals surface area contributed by atoms with Crippen LogP contribution >= 0.6 is 0 Å². The van der Waals surface area contributed by atoms with Crippen LogP contribution in [0.1, 0.15) is 26.2 Å². The van der Waals surface area contributed by atoms with Gasteiger partial charge in [0.05, 0.1) is 6.54 Å². The summed E-state index contributed by atoms with van der Waals surface area (Å²) in [6, 6.07) is 0. The number of carbonyl (C=O) groups excluding carboxylic acids is 2. The molecule has 0 aromatic heterocycles. The summed E-state index contributed by atoms with van der Waals surface area (Å²) in [5, 5.41) is 0. The number of hydrogen-bond acceptors (Lipinski definition) is 4. The molecule has 0 aliphatic carbocycles. The molecule has 0 aromatic rings. The van der Waals surface area contributed by atoms with Crippen molar-refractivity contribution in [2.45, 2.75) is 26.2 Å². The van der Waals surface area contributed by atoms with Crippen LogP contribution in [0.5, 0.6) is 0 Å². The van der Waals surface area contributed by atoms with Crippen molar-refractivity contribution in [3.8, 4) is 0 Å². The number of hydrazine groups is 1. The van der Waals surface area contributed by atoms with E-state index in [1.807, 2.05) is 11.8 Å². The Labute approximate surface area is 89.9 Å². The van der Waals surface area contributed by atoms with Gasteiger partial charge in [0.25, 0.3) is 0 Å². The second-order valence-electron chi connectivity index (χ2n) is 3.36. The predicted octanol–water partition coefficient (Wildman–Crippen LogP) is -1.05. The lowest BCUT2D eigenvalue weighted by atomic mass is 10.2. The van der Waals surface area contributed by atoms with Gasteiger partial charge in [-0.3, -0.25) is 19.9 Å². The highest BCUT2D eigenvalue weighted by molar-refractivity contribution is 5.76. The maximum absolute atomic E-state index is 10.8. The van der Waals surface area contributed by atoms with Crippen LogP contribution in [0.2, 0.25) is 0 Å². The molecule has 0 unspecified atom stereocenters. The van der Waals surface area contributed by atoms with Crippen molar-refractivity contribution < 1.29 is 9.59 Å². The number of hydrogen-bond donors (Lipinski definition) is 3. The summed E-state index contributed by atoms with van der Waals surface area (Å²) in [5.74, 6) is 4.45. The fourth-order valence-electron chi connectivity index (χ4n) is 1.26. The predicted molar refractivity (Wildman–Crippen MR) is 57.5 cm³/mol. The molecule has 0 aromatic carbocycles. The van der Waals surface area contributed by atoms with Gasteiger partial charge in [0, 0.05) is 6.42 Å². The van der Waals surface area contributed by atoms with Crippen LogP contribution in [0.15, 0.2) is 0 Å². The summed E-state index contributed by atoms with van der Waals surface area (Å²) in [4.78, 5) is 23.4. The number of nitrogens with one attached hydrogen (secondary N) is 1. The molecule has 0 heterocycles. The fraction of sp³-hybridized carbons (Fsp3) is 0.778. The second-order valence-corrected chi connectivity index (χ2v) is 3.36. The lowest BCUT2D eigenvalue weighted by molar-refractivity contribution is -0.121. The van der Waals surface area contributed by atoms with Crippen molar-refractivity contribution in [3.63, 3.8) is 0 Å². The number of nitrogens with two attached hydrogens (primary N) is 2. The average Bonchev–Trinajstić information content (AvgIpc) is 2.21. The molecule has 6 nitrogen and oxygen atoms in total. The molecule has 2 amide bonds. The molecule has 0 spiro atoms. The lowest BCUT2D eigenvalue weighted by Crippen LogP contribution is -2.34. The van der Waals surface area contributed by atoms with Crippen molar-refractivity contribution in [2.24, 2.45) is 11.6 Å². The van der Waals surface area contributed by atoms with Gasteiger partial charge in [0.15, 0.2) is 0 Å². The molecule has 0 atom stereocenters. The maximum Gasteiger partial charge on any atom is 0.233 e. The molecule has 0 saturated heterocycles. The molecule has 0 saturated carbocycles. The molecule has 0 radical (unpaired) electrons. The summed E-state index contributed by atoms with van der Waals surface area (Å²) >= 11 is 0. The first-order valence-corrected chi connectivity index (χ1v) is 5.10. The highest BCUT2D eigenvalue weighted by Crippen LogP contribution is 1.98. The van der Waals surface area contributed by atoms with E-state index < -0.39 is 0 Å². The van der Waals surface area contributed by atoms with E-state index in [9.17, 15) is 9.59 Å². The monoisotopic (exact) mass is 216 g/mol. The summed E-state index contributed by atoms with van der Waals surface area (Å²) in [5.41, 5.74) is 7.15. The molecule has 0 aliphatic rings. The van der Waals surface area contributed by atoms with Crippen LogP contribution in [0, 0.1) is 0 Å². The number of likely N-dealkylation sites (N-methyl/N-ethyl adjacent to an activating group) is 1. The Morgan fingerprint density at radius 1 is 1.33 bits per heavy atom. The zero-order valence-corrected chi connectivity index (χ0v) is 9.16. The van der Waals surface area contributed by atoms with E-state index in [1.165, 1.54) is 0 Å². The van der Waals surface area contributed by atoms with Gasteiger partial charge in [-0.25, -0.2) is 5.84 Å². The smallest absolute Gasteiger partial charge is 0.233 e. The molecular weight excluding hydrogens is 196 g/mol. The summed E-state index contributed by atoms with van der Waals surface area (Å²) in [7, 11) is 0. The number of unbranched alkanes of at least 4 members (excludes halogenated alkanes) is 1. The van der Waals surface area contributed by atoms with Crippen LogP contribution in [0.3, 0.4) is 0 Å². The number of primary amides is 1. The zero-order chi connectivity index (χ0) is 11.7. The molecule has 0 fully saturated rings. The quantitative estimate of drug-likeness (QED) is 0.209. The molecule has 0 aliphatic heterocycles. The van der Waals surface area contributed by atoms with Gasteiger partial charge in [0.1, 0.15) is 0 Å². The van der Waals surface area contributed by atoms with Crippen LogP contribution in [-0.4, -0.2) is 36.3 Å². The Balaban J connectivity index is 3.54. The summed E-state index contributed by atoms with van der Waals surface area (Å²) < 4.78 is 0. The van der Waals surface area contributed by atoms with Crippen molar-refractivity contribution in [3.05, 3.63) is 0 Å². The van der Waals surface area contributed by atoms with Gasteiger partial charge in [-0.05, 0) is 25.9 Å². The van der Waals surface area contributed by atoms with E-state index in [4.69, 9.17) is 11.6 Å². The Bertz CT molecular complexity index is 208. The topological polar surface area (TPSA) is 101 Å². The maximum atomic E-state index is 10.8. The van der Waals surface area contributed by atoms with Crippen molar-refractivity contribution in [1.82, 2.24) is 10.3 Å². The highest BCUT2D eigenvalue weighted by atomic mass is 16.2. The van der Waals surface area contributed by atoms with Gasteiger partial charge in [-0.15, -0.1) is 0 Å². The molecule has 5 N–H and O–H groups in total. The van der Waals surface area contributed by atoms with Crippen LogP contribution in [0.25, 0.3) is 0 Å². The average molecular weight is 216 g/mol. The third kappa shape index (κ3) is 7.90. The Morgan fingerprint density at radius 2 is 2.00 bits per heavy atom. The van der Waals surface area contributed by atoms with Crippen molar-refractivity contribution in [2.75, 3.05) is 19.6 Å². The third-order valence-corrected chi connectivity index (χ3v) is 2.12. The number of carbonyl (C=O) groups is 2. The third-order valence-electron chi connectivity index (χ3n) is 2.12. The van der Waals surface area contributed by atoms with Gasteiger partial charge < -0.3 is 5.73 Å². The first-order valence-electron chi connectivity index (χ1n) is 5.10. The second kappa shape index (κ2) is 8.19. The van der Waals surface area contributed by atoms with Gasteiger partial charge >= 0.3 is 0 Å². The van der Waals surface area contributed by atoms with Crippen LogP contribution < -0.4 is 17.0 Å². The SMILES string of the molecule is CCN(CCCCC(=O)NN)CC(N)=O. The minimum atomic E-state index is -0.323. The Hall–Kier alpha value is -1.14. The number of nitrogens with zero attached hydrogens (tertiary/aromatic N) is 1. The van der Waals surface area contributed by atoms with E-state index in [-0.39, 0.29) is 18.4 Å². The first kappa shape index (κ1) is 13.9. The summed E-state index contributed by atoms with van der Waals surface area (Å²) in [6.45, 7) is 3.80. The van der Waals surface area contributed by atoms with E-state index in [2.05, 4.69) is 5.43 Å². The molecular formula is C9H20N4O2. The van der Waals surface area contributed by atoms with Crippen LogP contribution in [0.4, 0.5) is 0 Å². The minimum absolute atomic E-state index is 0.159. The van der Waals surface area contributed by atoms with E-state index in [1.54, 1.807) is 0 Å². The molecule has 88 valence electrons. The Morgan fingerprint density at radius 3 is 2.47 bits per heavy atom. The van der Waals surface area contributed by atoms with E-state index in [0.29, 0.717) is 6.42 Å². The van der Waals surface area contributed by atoms with E-state index >= 15 is 0 Å². The standard InChI is InChI=1S/C9H20N4O2/c1-2-13(7-8(10)14)6-4-3-5-9(15)12-11/h2-7,11H2,1H3,(H2,10,14)(H,12,15). The van der Waals surface area contributed by atoms with Crippen molar-refractivity contribution in [1.29, 1.82) is 0 Å². The largest absolute Gasteiger partial charge is 0.369 e. The zero-order valence-electron chi connectivity index (χ0n) is 9.16. The normalized spacial score (nSPS) is 10.3. The highest BCUT2D eigenvalue weighted by Gasteiger charge is 2.05. The minimum Gasteiger partial charge on any atom is -0.369 e. The number of rotatable bonds is 8. The fourth-order valence-corrected chi connectivity index (χ4v) is 1.26. The van der Waals surface area contributed by atoms with Gasteiger partial charge in [-0.2, -0.15) is 0 Å². The number of amides is 2. The molecule has 0 bridgehead atoms. The van der Waals surface area contributed by atoms with Gasteiger partial charge in [0.2, 0.25) is 11.8 Å². The molecule has 0 rings (SSSR count). The molecule has 6 heteroatoms. The van der Waals surface area contributed by atoms with Crippen LogP contribution in [-0.2, 0) is 9.59 Å². The first-order chi connectivity index (χ1) is 7.10. The lowest BCUT2D eigenvalue weighted by Gasteiger charge is -2.17. The Kier molecular flexibility index (Phi) is 7.57.